The van der Waals surface area contributed by atoms with Crippen molar-refractivity contribution in [3.8, 4) is 0 Å². The molecule has 0 saturated carbocycles. The minimum Gasteiger partial charge on any atom is -0.339 e. The Morgan fingerprint density at radius 3 is 2.59 bits per heavy atom. The second kappa shape index (κ2) is 8.95. The third-order valence-electron chi connectivity index (χ3n) is 6.21. The predicted octanol–water partition coefficient (Wildman–Crippen LogP) is 5.67. The van der Waals surface area contributed by atoms with E-state index in [2.05, 4.69) is 44.7 Å². The van der Waals surface area contributed by atoms with Gasteiger partial charge >= 0.3 is 0 Å². The van der Waals surface area contributed by atoms with E-state index in [4.69, 9.17) is 5.84 Å². The van der Waals surface area contributed by atoms with Crippen molar-refractivity contribution < 1.29 is 4.79 Å². The monoisotopic (exact) mass is 429 g/mol. The van der Waals surface area contributed by atoms with Gasteiger partial charge in [-0.25, -0.2) is 0 Å². The first-order valence-corrected chi connectivity index (χ1v) is 11.7. The van der Waals surface area contributed by atoms with E-state index in [0.29, 0.717) is 5.41 Å². The number of rotatable bonds is 6. The summed E-state index contributed by atoms with van der Waals surface area (Å²) >= 11 is 0. The summed E-state index contributed by atoms with van der Waals surface area (Å²) in [5.74, 6) is 6.37. The third kappa shape index (κ3) is 4.66. The van der Waals surface area contributed by atoms with Crippen LogP contribution in [-0.4, -0.2) is 35.0 Å². The van der Waals surface area contributed by atoms with Crippen molar-refractivity contribution in [2.24, 2.45) is 5.41 Å². The summed E-state index contributed by atoms with van der Waals surface area (Å²) < 4.78 is 1.69. The molecule has 4 heteroatoms. The number of fused-ring (bicyclic) bond motifs is 1. The molecule has 168 valence electrons. The Morgan fingerprint density at radius 1 is 1.12 bits per heavy atom. The Kier molecular flexibility index (Phi) is 6.25. The maximum atomic E-state index is 13.4. The van der Waals surface area contributed by atoms with Crippen LogP contribution in [0.1, 0.15) is 67.6 Å². The molecule has 0 saturated heterocycles. The average molecular weight is 430 g/mol. The minimum absolute atomic E-state index is 0.0839. The standard InChI is InChI=1S/C28H35N3O/c1-5-8-20-9-6-7-10-23(20)27(32)22-11-12-26-24(17-22)25(18-31(26)29)21-13-15-30(16-14-21)19-28(2,3)4/h6-7,9-13,17-18H,5,8,14-16,19,29H2,1-4H3. The number of aromatic nitrogens is 1. The van der Waals surface area contributed by atoms with E-state index in [9.17, 15) is 4.79 Å². The molecule has 2 aromatic carbocycles. The molecule has 0 fully saturated rings. The Balaban J connectivity index is 1.67. The highest BCUT2D eigenvalue weighted by Crippen LogP contribution is 2.32. The lowest BCUT2D eigenvalue weighted by Gasteiger charge is -2.32. The number of nitrogen functional groups attached to an aromatic ring is 1. The van der Waals surface area contributed by atoms with Gasteiger partial charge in [-0.05, 0) is 47.6 Å². The van der Waals surface area contributed by atoms with Crippen LogP contribution in [0.2, 0.25) is 0 Å². The average Bonchev–Trinajstić information content (AvgIpc) is 3.09. The summed E-state index contributed by atoms with van der Waals surface area (Å²) in [6.07, 6.45) is 7.26. The van der Waals surface area contributed by atoms with Crippen LogP contribution >= 0.6 is 0 Å². The molecule has 2 heterocycles. The fourth-order valence-electron chi connectivity index (χ4n) is 4.81. The molecular weight excluding hydrogens is 394 g/mol. The van der Waals surface area contributed by atoms with Crippen LogP contribution in [0.15, 0.2) is 54.7 Å². The van der Waals surface area contributed by atoms with Gasteiger partial charge in [-0.15, -0.1) is 0 Å². The van der Waals surface area contributed by atoms with Crippen LogP contribution in [0.5, 0.6) is 0 Å². The number of benzene rings is 2. The lowest BCUT2D eigenvalue weighted by atomic mass is 9.92. The molecule has 32 heavy (non-hydrogen) atoms. The van der Waals surface area contributed by atoms with E-state index in [1.165, 1.54) is 5.57 Å². The number of nitrogens with two attached hydrogens (primary N) is 1. The van der Waals surface area contributed by atoms with Gasteiger partial charge in [0.2, 0.25) is 0 Å². The zero-order valence-corrected chi connectivity index (χ0v) is 19.8. The molecule has 3 aromatic rings. The van der Waals surface area contributed by atoms with E-state index in [1.54, 1.807) is 4.68 Å². The smallest absolute Gasteiger partial charge is 0.193 e. The Bertz CT molecular complexity index is 1160. The van der Waals surface area contributed by atoms with E-state index >= 15 is 0 Å². The highest BCUT2D eigenvalue weighted by atomic mass is 16.1. The number of aryl methyl sites for hydroxylation is 1. The van der Waals surface area contributed by atoms with Crippen LogP contribution in [0.3, 0.4) is 0 Å². The lowest BCUT2D eigenvalue weighted by molar-refractivity contribution is 0.103. The second-order valence-corrected chi connectivity index (χ2v) is 10.2. The molecule has 0 radical (unpaired) electrons. The second-order valence-electron chi connectivity index (χ2n) is 10.2. The summed E-state index contributed by atoms with van der Waals surface area (Å²) in [6.45, 7) is 12.1. The first kappa shape index (κ1) is 22.3. The Morgan fingerprint density at radius 2 is 1.91 bits per heavy atom. The molecule has 0 aliphatic carbocycles. The van der Waals surface area contributed by atoms with Crippen LogP contribution in [0, 0.1) is 5.41 Å². The van der Waals surface area contributed by atoms with E-state index in [0.717, 1.165) is 72.1 Å². The van der Waals surface area contributed by atoms with Crippen LogP contribution in [-0.2, 0) is 6.42 Å². The van der Waals surface area contributed by atoms with Gasteiger partial charge in [0.15, 0.2) is 5.78 Å². The summed E-state index contributed by atoms with van der Waals surface area (Å²) in [6, 6.07) is 13.9. The molecule has 0 atom stereocenters. The highest BCUT2D eigenvalue weighted by Gasteiger charge is 2.22. The molecule has 4 nitrogen and oxygen atoms in total. The van der Waals surface area contributed by atoms with Crippen molar-refractivity contribution >= 4 is 22.3 Å². The van der Waals surface area contributed by atoms with Crippen molar-refractivity contribution in [2.75, 3.05) is 25.5 Å². The fourth-order valence-corrected chi connectivity index (χ4v) is 4.81. The highest BCUT2D eigenvalue weighted by molar-refractivity contribution is 6.12. The van der Waals surface area contributed by atoms with Crippen molar-refractivity contribution in [1.29, 1.82) is 0 Å². The minimum atomic E-state index is 0.0839. The van der Waals surface area contributed by atoms with Gasteiger partial charge in [-0.3, -0.25) is 14.4 Å². The first-order chi connectivity index (χ1) is 15.3. The molecule has 0 bridgehead atoms. The summed E-state index contributed by atoms with van der Waals surface area (Å²) in [5.41, 5.74) is 6.36. The van der Waals surface area contributed by atoms with Gasteiger partial charge in [-0.2, -0.15) is 0 Å². The van der Waals surface area contributed by atoms with Crippen molar-refractivity contribution in [3.05, 3.63) is 77.0 Å². The van der Waals surface area contributed by atoms with Crippen LogP contribution < -0.4 is 5.84 Å². The van der Waals surface area contributed by atoms with E-state index in [-0.39, 0.29) is 5.78 Å². The molecule has 0 unspecified atom stereocenters. The number of ketones is 1. The molecular formula is C28H35N3O. The fraction of sp³-hybridized carbons (Fsp3) is 0.393. The number of hydrogen-bond donors (Lipinski definition) is 1. The largest absolute Gasteiger partial charge is 0.339 e. The summed E-state index contributed by atoms with van der Waals surface area (Å²) in [4.78, 5) is 15.9. The van der Waals surface area contributed by atoms with Crippen molar-refractivity contribution in [2.45, 2.75) is 47.0 Å². The molecule has 0 amide bonds. The van der Waals surface area contributed by atoms with Crippen LogP contribution in [0.4, 0.5) is 0 Å². The topological polar surface area (TPSA) is 51.3 Å². The zero-order valence-electron chi connectivity index (χ0n) is 19.8. The third-order valence-corrected chi connectivity index (χ3v) is 6.21. The number of hydrogen-bond acceptors (Lipinski definition) is 3. The molecule has 0 spiro atoms. The van der Waals surface area contributed by atoms with Crippen molar-refractivity contribution in [3.63, 3.8) is 0 Å². The zero-order chi connectivity index (χ0) is 22.9. The molecule has 1 aliphatic heterocycles. The maximum absolute atomic E-state index is 13.4. The normalized spacial score (nSPS) is 15.2. The van der Waals surface area contributed by atoms with Gasteiger partial charge in [-0.1, -0.05) is 64.5 Å². The van der Waals surface area contributed by atoms with Crippen molar-refractivity contribution in [1.82, 2.24) is 9.58 Å². The number of nitrogens with zero attached hydrogens (tertiary/aromatic N) is 2. The number of carbonyl (C=O) groups is 1. The number of carbonyl (C=O) groups excluding carboxylic acids is 1. The Labute approximate surface area is 191 Å². The Hall–Kier alpha value is -2.85. The lowest BCUT2D eigenvalue weighted by Crippen LogP contribution is -2.35. The molecule has 1 aromatic heterocycles. The van der Waals surface area contributed by atoms with Gasteiger partial charge < -0.3 is 5.84 Å². The van der Waals surface area contributed by atoms with Gasteiger partial charge in [0, 0.05) is 47.9 Å². The van der Waals surface area contributed by atoms with Gasteiger partial charge in [0.1, 0.15) is 0 Å². The maximum Gasteiger partial charge on any atom is 0.193 e. The molecule has 1 aliphatic rings. The van der Waals surface area contributed by atoms with Crippen LogP contribution in [0.25, 0.3) is 16.5 Å². The predicted molar refractivity (Wildman–Crippen MR) is 134 cm³/mol. The summed E-state index contributed by atoms with van der Waals surface area (Å²) in [7, 11) is 0. The molecule has 4 rings (SSSR count). The van der Waals surface area contributed by atoms with Gasteiger partial charge in [0.05, 0.1) is 5.52 Å². The quantitative estimate of drug-likeness (QED) is 0.405. The van der Waals surface area contributed by atoms with E-state index < -0.39 is 0 Å². The first-order valence-electron chi connectivity index (χ1n) is 11.7. The summed E-state index contributed by atoms with van der Waals surface area (Å²) in [5, 5.41) is 1.06. The molecule has 2 N–H and O–H groups in total. The SMILES string of the molecule is CCCc1ccccc1C(=O)c1ccc2c(c1)c(C1=CCN(CC(C)(C)C)CC1)cn2N. The van der Waals surface area contributed by atoms with Gasteiger partial charge in [0.25, 0.3) is 0 Å². The van der Waals surface area contributed by atoms with E-state index in [1.807, 2.05) is 42.6 Å².